The van der Waals surface area contributed by atoms with Crippen molar-refractivity contribution in [2.45, 2.75) is 52.1 Å². The molecule has 33 heavy (non-hydrogen) atoms. The Morgan fingerprint density at radius 1 is 0.818 bits per heavy atom. The minimum atomic E-state index is -0.866. The Balaban J connectivity index is 2.14. The number of methoxy groups -OCH3 is 1. The van der Waals surface area contributed by atoms with E-state index in [2.05, 4.69) is 10.6 Å². The summed E-state index contributed by atoms with van der Waals surface area (Å²) >= 11 is 0. The van der Waals surface area contributed by atoms with Crippen LogP contribution in [0.4, 0.5) is 4.39 Å². The number of halogens is 1. The Morgan fingerprint density at radius 2 is 1.39 bits per heavy atom. The summed E-state index contributed by atoms with van der Waals surface area (Å²) in [6.07, 6.45) is 1.10. The first-order valence-corrected chi connectivity index (χ1v) is 11.2. The monoisotopic (exact) mass is 456 g/mol. The molecule has 7 heteroatoms. The van der Waals surface area contributed by atoms with Gasteiger partial charge >= 0.3 is 5.97 Å². The van der Waals surface area contributed by atoms with Crippen LogP contribution in [0.25, 0.3) is 0 Å². The number of hydrogen-bond donors (Lipinski definition) is 2. The van der Waals surface area contributed by atoms with Gasteiger partial charge in [-0.25, -0.2) is 9.18 Å². The molecule has 2 rings (SSSR count). The number of esters is 1. The SMILES string of the molecule is COC(=O)[C@@H](CC(C)C)NC(=O)[C@@H](Cc1ccccc1)NC(=O)[C@H](C)Cc1ccc(F)cc1. The Bertz CT molecular complexity index is 916. The third-order valence-electron chi connectivity index (χ3n) is 5.33. The van der Waals surface area contributed by atoms with Gasteiger partial charge in [0.05, 0.1) is 7.11 Å². The standard InChI is InChI=1S/C26H33FN2O4/c1-17(2)14-23(26(32)33-4)29-25(31)22(16-19-8-6-5-7-9-19)28-24(30)18(3)15-20-10-12-21(27)13-11-20/h5-13,17-18,22-23H,14-16H2,1-4H3,(H,28,30)(H,29,31)/t18-,22-,23-/m1/s1. The molecular weight excluding hydrogens is 423 g/mol. The maximum atomic E-state index is 13.2. The summed E-state index contributed by atoms with van der Waals surface area (Å²) in [6, 6.07) is 13.7. The molecule has 0 bridgehead atoms. The maximum Gasteiger partial charge on any atom is 0.328 e. The molecule has 0 spiro atoms. The van der Waals surface area contributed by atoms with E-state index in [0.717, 1.165) is 11.1 Å². The van der Waals surface area contributed by atoms with E-state index < -0.39 is 29.9 Å². The van der Waals surface area contributed by atoms with Crippen LogP contribution < -0.4 is 10.6 Å². The van der Waals surface area contributed by atoms with Crippen LogP contribution >= 0.6 is 0 Å². The van der Waals surface area contributed by atoms with Gasteiger partial charge in [0.2, 0.25) is 11.8 Å². The first kappa shape index (κ1) is 26.0. The van der Waals surface area contributed by atoms with E-state index in [0.29, 0.717) is 12.8 Å². The van der Waals surface area contributed by atoms with Crippen LogP contribution in [0.15, 0.2) is 54.6 Å². The molecule has 0 unspecified atom stereocenters. The molecule has 0 fully saturated rings. The zero-order valence-corrected chi connectivity index (χ0v) is 19.6. The summed E-state index contributed by atoms with van der Waals surface area (Å²) in [6.45, 7) is 5.65. The summed E-state index contributed by atoms with van der Waals surface area (Å²) in [7, 11) is 1.28. The lowest BCUT2D eigenvalue weighted by Crippen LogP contribution is -2.53. The van der Waals surface area contributed by atoms with Crippen molar-refractivity contribution in [3.05, 3.63) is 71.5 Å². The molecule has 0 radical (unpaired) electrons. The minimum absolute atomic E-state index is 0.160. The topological polar surface area (TPSA) is 84.5 Å². The number of benzene rings is 2. The molecule has 2 aromatic rings. The Hall–Kier alpha value is -3.22. The summed E-state index contributed by atoms with van der Waals surface area (Å²) in [5, 5.41) is 5.58. The molecule has 178 valence electrons. The first-order valence-electron chi connectivity index (χ1n) is 11.2. The Kier molecular flexibility index (Phi) is 10.0. The van der Waals surface area contributed by atoms with Gasteiger partial charge in [0.1, 0.15) is 17.9 Å². The second-order valence-corrected chi connectivity index (χ2v) is 8.70. The minimum Gasteiger partial charge on any atom is -0.467 e. The second kappa shape index (κ2) is 12.7. The predicted octanol–water partition coefficient (Wildman–Crippen LogP) is 3.44. The van der Waals surface area contributed by atoms with Gasteiger partial charge in [-0.2, -0.15) is 0 Å². The van der Waals surface area contributed by atoms with Gasteiger partial charge < -0.3 is 15.4 Å². The highest BCUT2D eigenvalue weighted by Gasteiger charge is 2.29. The van der Waals surface area contributed by atoms with Gasteiger partial charge in [-0.05, 0) is 42.0 Å². The van der Waals surface area contributed by atoms with E-state index in [1.54, 1.807) is 19.1 Å². The fourth-order valence-corrected chi connectivity index (χ4v) is 3.54. The quantitative estimate of drug-likeness (QED) is 0.508. The van der Waals surface area contributed by atoms with Crippen LogP contribution in [0.1, 0.15) is 38.3 Å². The number of amides is 2. The molecule has 0 heterocycles. The number of carbonyl (C=O) groups excluding carboxylic acids is 3. The number of ether oxygens (including phenoxy) is 1. The third kappa shape index (κ3) is 8.67. The van der Waals surface area contributed by atoms with Crippen LogP contribution in [-0.4, -0.2) is 37.0 Å². The van der Waals surface area contributed by atoms with Crippen molar-refractivity contribution in [2.24, 2.45) is 11.8 Å². The molecule has 0 aliphatic heterocycles. The van der Waals surface area contributed by atoms with Crippen LogP contribution in [0.5, 0.6) is 0 Å². The second-order valence-electron chi connectivity index (χ2n) is 8.70. The summed E-state index contributed by atoms with van der Waals surface area (Å²) < 4.78 is 18.0. The van der Waals surface area contributed by atoms with Gasteiger partial charge in [0.15, 0.2) is 0 Å². The van der Waals surface area contributed by atoms with E-state index >= 15 is 0 Å². The molecule has 2 amide bonds. The highest BCUT2D eigenvalue weighted by atomic mass is 19.1. The lowest BCUT2D eigenvalue weighted by Gasteiger charge is -2.24. The summed E-state index contributed by atoms with van der Waals surface area (Å²) in [4.78, 5) is 38.2. The Morgan fingerprint density at radius 3 is 1.97 bits per heavy atom. The van der Waals surface area contributed by atoms with Crippen molar-refractivity contribution in [2.75, 3.05) is 7.11 Å². The van der Waals surface area contributed by atoms with Gasteiger partial charge in [-0.15, -0.1) is 0 Å². The number of rotatable bonds is 11. The van der Waals surface area contributed by atoms with Crippen LogP contribution in [0.3, 0.4) is 0 Å². The molecule has 0 aliphatic rings. The zero-order valence-electron chi connectivity index (χ0n) is 19.6. The molecule has 0 saturated heterocycles. The molecule has 0 saturated carbocycles. The van der Waals surface area contributed by atoms with E-state index in [4.69, 9.17) is 4.74 Å². The van der Waals surface area contributed by atoms with Gasteiger partial charge in [-0.3, -0.25) is 9.59 Å². The van der Waals surface area contributed by atoms with Crippen LogP contribution in [0.2, 0.25) is 0 Å². The molecule has 6 nitrogen and oxygen atoms in total. The van der Waals surface area contributed by atoms with Crippen molar-refractivity contribution >= 4 is 17.8 Å². The smallest absolute Gasteiger partial charge is 0.328 e. The largest absolute Gasteiger partial charge is 0.467 e. The molecule has 2 N–H and O–H groups in total. The fraction of sp³-hybridized carbons (Fsp3) is 0.423. The number of nitrogens with one attached hydrogen (secondary N) is 2. The average molecular weight is 457 g/mol. The van der Waals surface area contributed by atoms with Crippen LogP contribution in [-0.2, 0) is 32.0 Å². The zero-order chi connectivity index (χ0) is 24.4. The van der Waals surface area contributed by atoms with E-state index in [9.17, 15) is 18.8 Å². The molecule has 0 aliphatic carbocycles. The molecule has 2 aromatic carbocycles. The van der Waals surface area contributed by atoms with E-state index in [1.165, 1.54) is 19.2 Å². The maximum absolute atomic E-state index is 13.2. The van der Waals surface area contributed by atoms with Crippen LogP contribution in [0, 0.1) is 17.7 Å². The first-order chi connectivity index (χ1) is 15.7. The highest BCUT2D eigenvalue weighted by molar-refractivity contribution is 5.91. The normalized spacial score (nSPS) is 13.6. The average Bonchev–Trinajstić information content (AvgIpc) is 2.79. The van der Waals surface area contributed by atoms with E-state index in [-0.39, 0.29) is 24.1 Å². The lowest BCUT2D eigenvalue weighted by atomic mass is 9.98. The van der Waals surface area contributed by atoms with Gasteiger partial charge in [0, 0.05) is 12.3 Å². The van der Waals surface area contributed by atoms with Crippen molar-refractivity contribution in [1.29, 1.82) is 0 Å². The predicted molar refractivity (Wildman–Crippen MR) is 125 cm³/mol. The molecular formula is C26H33FN2O4. The lowest BCUT2D eigenvalue weighted by molar-refractivity contribution is -0.145. The molecule has 3 atom stereocenters. The number of carbonyl (C=O) groups is 3. The van der Waals surface area contributed by atoms with Crippen molar-refractivity contribution in [3.63, 3.8) is 0 Å². The summed E-state index contributed by atoms with van der Waals surface area (Å²) in [5.74, 6) is -1.88. The van der Waals surface area contributed by atoms with Crippen molar-refractivity contribution < 1.29 is 23.5 Å². The fourth-order valence-electron chi connectivity index (χ4n) is 3.54. The molecule has 0 aromatic heterocycles. The third-order valence-corrected chi connectivity index (χ3v) is 5.33. The van der Waals surface area contributed by atoms with Crippen molar-refractivity contribution in [1.82, 2.24) is 10.6 Å². The van der Waals surface area contributed by atoms with Gasteiger partial charge in [-0.1, -0.05) is 63.2 Å². The Labute approximate surface area is 194 Å². The van der Waals surface area contributed by atoms with E-state index in [1.807, 2.05) is 44.2 Å². The van der Waals surface area contributed by atoms with Gasteiger partial charge in [0.25, 0.3) is 0 Å². The van der Waals surface area contributed by atoms with Crippen molar-refractivity contribution in [3.8, 4) is 0 Å². The summed E-state index contributed by atoms with van der Waals surface area (Å²) in [5.41, 5.74) is 1.70. The highest BCUT2D eigenvalue weighted by Crippen LogP contribution is 2.12. The number of hydrogen-bond acceptors (Lipinski definition) is 4.